The summed E-state index contributed by atoms with van der Waals surface area (Å²) in [6, 6.07) is 3.63. The van der Waals surface area contributed by atoms with Crippen molar-refractivity contribution in [3.8, 4) is 0 Å². The summed E-state index contributed by atoms with van der Waals surface area (Å²) in [4.78, 5) is 16.9. The summed E-state index contributed by atoms with van der Waals surface area (Å²) in [5.41, 5.74) is 0.950. The fraction of sp³-hybridized carbons (Fsp3) is 0.455. The van der Waals surface area contributed by atoms with Crippen LogP contribution in [0.25, 0.3) is 0 Å². The van der Waals surface area contributed by atoms with Crippen LogP contribution < -0.4 is 4.90 Å². The van der Waals surface area contributed by atoms with Crippen LogP contribution in [0.3, 0.4) is 0 Å². The van der Waals surface area contributed by atoms with E-state index in [-0.39, 0.29) is 5.92 Å². The Morgan fingerprint density at radius 2 is 2.44 bits per heavy atom. The molecule has 1 aromatic heterocycles. The highest BCUT2D eigenvalue weighted by Gasteiger charge is 2.25. The molecule has 1 saturated heterocycles. The molecule has 0 unspecified atom stereocenters. The minimum Gasteiger partial charge on any atom is -0.481 e. The number of carbonyl (C=O) groups is 1. The van der Waals surface area contributed by atoms with Crippen molar-refractivity contribution in [2.24, 2.45) is 5.92 Å². The third kappa shape index (κ3) is 2.44. The van der Waals surface area contributed by atoms with Crippen molar-refractivity contribution in [1.82, 2.24) is 4.98 Å². The molecular formula is C11H13ClN2O2. The van der Waals surface area contributed by atoms with Gasteiger partial charge in [0.05, 0.1) is 5.92 Å². The van der Waals surface area contributed by atoms with Crippen LogP contribution in [0.5, 0.6) is 0 Å². The lowest BCUT2D eigenvalue weighted by molar-refractivity contribution is -0.141. The summed E-state index contributed by atoms with van der Waals surface area (Å²) >= 11 is 5.81. The number of rotatable bonds is 2. The van der Waals surface area contributed by atoms with Crippen LogP contribution >= 0.6 is 11.6 Å². The highest BCUT2D eigenvalue weighted by molar-refractivity contribution is 6.29. The Morgan fingerprint density at radius 1 is 1.62 bits per heavy atom. The van der Waals surface area contributed by atoms with E-state index in [4.69, 9.17) is 16.7 Å². The molecule has 5 heteroatoms. The average Bonchev–Trinajstić information content (AvgIpc) is 2.29. The number of carboxylic acids is 1. The van der Waals surface area contributed by atoms with Crippen molar-refractivity contribution in [1.29, 1.82) is 0 Å². The molecule has 1 aliphatic rings. The Bertz CT molecular complexity index is 397. The molecule has 0 spiro atoms. The number of piperidine rings is 1. The topological polar surface area (TPSA) is 53.4 Å². The van der Waals surface area contributed by atoms with Crippen LogP contribution in [0.4, 0.5) is 5.69 Å². The second-order valence-corrected chi connectivity index (χ2v) is 4.35. The number of hydrogen-bond donors (Lipinski definition) is 1. The molecule has 1 aliphatic heterocycles. The zero-order chi connectivity index (χ0) is 11.5. The predicted octanol–water partition coefficient (Wildman–Crippen LogP) is 2.04. The molecule has 1 fully saturated rings. The lowest BCUT2D eigenvalue weighted by Crippen LogP contribution is -2.38. The van der Waals surface area contributed by atoms with Gasteiger partial charge in [-0.05, 0) is 25.0 Å². The van der Waals surface area contributed by atoms with E-state index in [0.29, 0.717) is 11.7 Å². The summed E-state index contributed by atoms with van der Waals surface area (Å²) in [6.45, 7) is 1.43. The number of carboxylic acid groups (broad SMARTS) is 1. The van der Waals surface area contributed by atoms with Gasteiger partial charge in [0.25, 0.3) is 0 Å². The van der Waals surface area contributed by atoms with Gasteiger partial charge in [-0.15, -0.1) is 0 Å². The molecule has 4 nitrogen and oxygen atoms in total. The second kappa shape index (κ2) is 4.70. The van der Waals surface area contributed by atoms with Crippen molar-refractivity contribution in [2.45, 2.75) is 12.8 Å². The molecule has 0 radical (unpaired) electrons. The summed E-state index contributed by atoms with van der Waals surface area (Å²) < 4.78 is 0. The van der Waals surface area contributed by atoms with Gasteiger partial charge in [-0.2, -0.15) is 0 Å². The van der Waals surface area contributed by atoms with E-state index in [9.17, 15) is 4.79 Å². The molecule has 86 valence electrons. The molecule has 0 bridgehead atoms. The number of hydrogen-bond acceptors (Lipinski definition) is 3. The first-order valence-electron chi connectivity index (χ1n) is 5.26. The summed E-state index contributed by atoms with van der Waals surface area (Å²) in [6.07, 6.45) is 3.30. The first-order chi connectivity index (χ1) is 7.66. The van der Waals surface area contributed by atoms with Gasteiger partial charge < -0.3 is 10.0 Å². The molecule has 1 N–H and O–H groups in total. The SMILES string of the molecule is O=C(O)[C@H]1CCCN(c2ccnc(Cl)c2)C1. The maximum Gasteiger partial charge on any atom is 0.308 e. The highest BCUT2D eigenvalue weighted by Crippen LogP contribution is 2.24. The zero-order valence-electron chi connectivity index (χ0n) is 8.77. The number of nitrogens with zero attached hydrogens (tertiary/aromatic N) is 2. The Kier molecular flexibility index (Phi) is 3.29. The molecule has 0 saturated carbocycles. The van der Waals surface area contributed by atoms with Gasteiger partial charge in [-0.25, -0.2) is 4.98 Å². The fourth-order valence-corrected chi connectivity index (χ4v) is 2.17. The second-order valence-electron chi connectivity index (χ2n) is 3.96. The minimum atomic E-state index is -0.718. The van der Waals surface area contributed by atoms with E-state index in [1.165, 1.54) is 0 Å². The van der Waals surface area contributed by atoms with Gasteiger partial charge in [0.2, 0.25) is 0 Å². The minimum absolute atomic E-state index is 0.277. The van der Waals surface area contributed by atoms with E-state index in [1.54, 1.807) is 12.3 Å². The molecule has 0 aliphatic carbocycles. The number of aliphatic carboxylic acids is 1. The van der Waals surface area contributed by atoms with Gasteiger partial charge in [-0.3, -0.25) is 4.79 Å². The van der Waals surface area contributed by atoms with Crippen molar-refractivity contribution < 1.29 is 9.90 Å². The summed E-state index contributed by atoms with van der Waals surface area (Å²) in [5.74, 6) is -0.995. The van der Waals surface area contributed by atoms with Crippen LogP contribution in [0.1, 0.15) is 12.8 Å². The van der Waals surface area contributed by atoms with Crippen LogP contribution in [0.15, 0.2) is 18.3 Å². The normalized spacial score (nSPS) is 20.8. The maximum atomic E-state index is 10.9. The third-order valence-corrected chi connectivity index (χ3v) is 3.05. The Morgan fingerprint density at radius 3 is 3.12 bits per heavy atom. The zero-order valence-corrected chi connectivity index (χ0v) is 9.52. The van der Waals surface area contributed by atoms with Crippen molar-refractivity contribution in [3.05, 3.63) is 23.5 Å². The highest BCUT2D eigenvalue weighted by atomic mass is 35.5. The fourth-order valence-electron chi connectivity index (χ4n) is 2.00. The molecule has 2 rings (SSSR count). The van der Waals surface area contributed by atoms with E-state index in [1.807, 2.05) is 6.07 Å². The van der Waals surface area contributed by atoms with Gasteiger partial charge in [0, 0.05) is 25.0 Å². The molecular weight excluding hydrogens is 228 g/mol. The number of aromatic nitrogens is 1. The lowest BCUT2D eigenvalue weighted by atomic mass is 9.98. The van der Waals surface area contributed by atoms with Crippen LogP contribution in [0, 0.1) is 5.92 Å². The van der Waals surface area contributed by atoms with E-state index in [2.05, 4.69) is 9.88 Å². The standard InChI is InChI=1S/C11H13ClN2O2/c12-10-6-9(3-4-13-10)14-5-1-2-8(7-14)11(15)16/h3-4,6,8H,1-2,5,7H2,(H,15,16)/t8-/m0/s1. The third-order valence-electron chi connectivity index (χ3n) is 2.85. The van der Waals surface area contributed by atoms with E-state index in [0.717, 1.165) is 25.1 Å². The molecule has 16 heavy (non-hydrogen) atoms. The van der Waals surface area contributed by atoms with Gasteiger partial charge in [0.15, 0.2) is 0 Å². The van der Waals surface area contributed by atoms with Gasteiger partial charge >= 0.3 is 5.97 Å². The summed E-state index contributed by atoms with van der Waals surface area (Å²) in [7, 11) is 0. The molecule has 1 aromatic rings. The van der Waals surface area contributed by atoms with E-state index < -0.39 is 5.97 Å². The molecule has 2 heterocycles. The predicted molar refractivity (Wildman–Crippen MR) is 61.8 cm³/mol. The molecule has 0 amide bonds. The first-order valence-corrected chi connectivity index (χ1v) is 5.64. The number of anilines is 1. The smallest absolute Gasteiger partial charge is 0.308 e. The first kappa shape index (κ1) is 11.2. The Balaban J connectivity index is 2.12. The summed E-state index contributed by atoms with van der Waals surface area (Å²) in [5, 5.41) is 9.43. The largest absolute Gasteiger partial charge is 0.481 e. The Hall–Kier alpha value is -1.29. The monoisotopic (exact) mass is 240 g/mol. The van der Waals surface area contributed by atoms with Crippen LogP contribution in [-0.4, -0.2) is 29.1 Å². The van der Waals surface area contributed by atoms with Gasteiger partial charge in [-0.1, -0.05) is 11.6 Å². The number of pyridine rings is 1. The Labute approximate surface area is 98.9 Å². The van der Waals surface area contributed by atoms with Crippen LogP contribution in [0.2, 0.25) is 5.15 Å². The van der Waals surface area contributed by atoms with E-state index >= 15 is 0 Å². The lowest BCUT2D eigenvalue weighted by Gasteiger charge is -2.32. The molecule has 1 atom stereocenters. The quantitative estimate of drug-likeness (QED) is 0.804. The maximum absolute atomic E-state index is 10.9. The number of halogens is 1. The van der Waals surface area contributed by atoms with Gasteiger partial charge in [0.1, 0.15) is 5.15 Å². The van der Waals surface area contributed by atoms with Crippen molar-refractivity contribution in [3.63, 3.8) is 0 Å². The molecule has 0 aromatic carbocycles. The average molecular weight is 241 g/mol. The van der Waals surface area contributed by atoms with Crippen molar-refractivity contribution in [2.75, 3.05) is 18.0 Å². The van der Waals surface area contributed by atoms with Crippen LogP contribution in [-0.2, 0) is 4.79 Å². The van der Waals surface area contributed by atoms with Crippen molar-refractivity contribution >= 4 is 23.3 Å².